The second-order valence-electron chi connectivity index (χ2n) is 3.25. The summed E-state index contributed by atoms with van der Waals surface area (Å²) in [6.07, 6.45) is 0. The lowest BCUT2D eigenvalue weighted by Crippen LogP contribution is -2.24. The van der Waals surface area contributed by atoms with Crippen molar-refractivity contribution in [2.24, 2.45) is 0 Å². The van der Waals surface area contributed by atoms with Crippen LogP contribution in [-0.4, -0.2) is 20.7 Å². The summed E-state index contributed by atoms with van der Waals surface area (Å²) in [4.78, 5) is 0. The molecule has 0 heterocycles. The highest BCUT2D eigenvalue weighted by Gasteiger charge is 2.08. The number of hydrogen-bond acceptors (Lipinski definition) is 3. The summed E-state index contributed by atoms with van der Waals surface area (Å²) in [5, 5.41) is -0.431. The van der Waals surface area contributed by atoms with Crippen molar-refractivity contribution in [3.8, 4) is 0 Å². The fourth-order valence-electron chi connectivity index (χ4n) is 1.25. The van der Waals surface area contributed by atoms with Crippen molar-refractivity contribution in [1.82, 2.24) is 4.72 Å². The molecule has 6 heteroatoms. The Morgan fingerprint density at radius 2 is 1.94 bits per heavy atom. The molecular formula is C10H14ClNO3S. The zero-order valence-corrected chi connectivity index (χ0v) is 10.5. The maximum atomic E-state index is 11.2. The molecule has 0 saturated heterocycles. The van der Waals surface area contributed by atoms with Crippen LogP contribution in [-0.2, 0) is 27.9 Å². The lowest BCUT2D eigenvalue weighted by atomic mass is 10.1. The lowest BCUT2D eigenvalue weighted by molar-refractivity contribution is 0.184. The molecule has 0 spiro atoms. The van der Waals surface area contributed by atoms with E-state index in [1.54, 1.807) is 7.11 Å². The number of ether oxygens (including phenoxy) is 1. The monoisotopic (exact) mass is 263 g/mol. The number of methoxy groups -OCH3 is 1. The van der Waals surface area contributed by atoms with Crippen molar-refractivity contribution in [3.05, 3.63) is 35.4 Å². The smallest absolute Gasteiger partial charge is 0.225 e. The van der Waals surface area contributed by atoms with Crippen molar-refractivity contribution in [2.75, 3.05) is 12.3 Å². The van der Waals surface area contributed by atoms with E-state index in [1.807, 2.05) is 24.3 Å². The number of alkyl halides is 1. The standard InChI is InChI=1S/C10H14ClNO3S/c1-15-7-10-5-3-2-4-9(10)6-12-16(13,14)8-11/h2-5,12H,6-8H2,1H3. The van der Waals surface area contributed by atoms with Crippen LogP contribution in [0.3, 0.4) is 0 Å². The first-order valence-electron chi connectivity index (χ1n) is 4.68. The quantitative estimate of drug-likeness (QED) is 0.791. The number of benzene rings is 1. The van der Waals surface area contributed by atoms with Gasteiger partial charge in [0.25, 0.3) is 0 Å². The molecule has 0 aromatic heterocycles. The Labute approximate surface area is 101 Å². The minimum atomic E-state index is -3.37. The largest absolute Gasteiger partial charge is 0.380 e. The van der Waals surface area contributed by atoms with Crippen LogP contribution >= 0.6 is 11.6 Å². The number of hydrogen-bond donors (Lipinski definition) is 1. The molecule has 0 bridgehead atoms. The molecule has 0 unspecified atom stereocenters. The molecule has 1 N–H and O–H groups in total. The first-order chi connectivity index (χ1) is 7.59. The summed E-state index contributed by atoms with van der Waals surface area (Å²) in [5.41, 5.74) is 1.85. The van der Waals surface area contributed by atoms with Gasteiger partial charge in [-0.15, -0.1) is 11.6 Å². The number of rotatable bonds is 6. The maximum Gasteiger partial charge on any atom is 0.225 e. The first-order valence-corrected chi connectivity index (χ1v) is 6.87. The SMILES string of the molecule is COCc1ccccc1CNS(=O)(=O)CCl. The molecule has 4 nitrogen and oxygen atoms in total. The van der Waals surface area contributed by atoms with Crippen molar-refractivity contribution in [3.63, 3.8) is 0 Å². The van der Waals surface area contributed by atoms with Gasteiger partial charge < -0.3 is 4.74 Å². The predicted octanol–water partition coefficient (Wildman–Crippen LogP) is 1.45. The van der Waals surface area contributed by atoms with E-state index in [2.05, 4.69) is 4.72 Å². The second kappa shape index (κ2) is 6.20. The molecule has 1 rings (SSSR count). The van der Waals surface area contributed by atoms with Crippen LogP contribution in [0.5, 0.6) is 0 Å². The number of nitrogens with one attached hydrogen (secondary N) is 1. The van der Waals surface area contributed by atoms with Gasteiger partial charge in [0.2, 0.25) is 10.0 Å². The molecule has 0 saturated carbocycles. The highest BCUT2D eigenvalue weighted by atomic mass is 35.5. The zero-order valence-electron chi connectivity index (χ0n) is 8.94. The van der Waals surface area contributed by atoms with Gasteiger partial charge in [0.15, 0.2) is 0 Å². The van der Waals surface area contributed by atoms with Gasteiger partial charge in [0.05, 0.1) is 6.61 Å². The van der Waals surface area contributed by atoms with E-state index in [-0.39, 0.29) is 6.54 Å². The molecule has 1 aromatic rings. The van der Waals surface area contributed by atoms with Gasteiger partial charge in [-0.2, -0.15) is 0 Å². The van der Waals surface area contributed by atoms with Gasteiger partial charge in [-0.3, -0.25) is 0 Å². The molecular weight excluding hydrogens is 250 g/mol. The predicted molar refractivity (Wildman–Crippen MR) is 63.6 cm³/mol. The van der Waals surface area contributed by atoms with Crippen molar-refractivity contribution in [2.45, 2.75) is 13.2 Å². The van der Waals surface area contributed by atoms with E-state index < -0.39 is 15.2 Å². The van der Waals surface area contributed by atoms with Crippen molar-refractivity contribution in [1.29, 1.82) is 0 Å². The van der Waals surface area contributed by atoms with Crippen LogP contribution in [0.4, 0.5) is 0 Å². The van der Waals surface area contributed by atoms with Gasteiger partial charge >= 0.3 is 0 Å². The number of sulfonamides is 1. The molecule has 0 aliphatic heterocycles. The van der Waals surface area contributed by atoms with E-state index >= 15 is 0 Å². The molecule has 0 amide bonds. The summed E-state index contributed by atoms with van der Waals surface area (Å²) >= 11 is 5.29. The molecule has 0 aliphatic carbocycles. The van der Waals surface area contributed by atoms with Crippen molar-refractivity contribution < 1.29 is 13.2 Å². The van der Waals surface area contributed by atoms with Crippen LogP contribution in [0.1, 0.15) is 11.1 Å². The van der Waals surface area contributed by atoms with Gasteiger partial charge in [-0.1, -0.05) is 24.3 Å². The summed E-state index contributed by atoms with van der Waals surface area (Å²) in [6, 6.07) is 7.48. The van der Waals surface area contributed by atoms with E-state index in [4.69, 9.17) is 16.3 Å². The second-order valence-corrected chi connectivity index (χ2v) is 5.64. The minimum absolute atomic E-state index is 0.231. The third-order valence-electron chi connectivity index (χ3n) is 2.04. The number of halogens is 1. The third-order valence-corrected chi connectivity index (χ3v) is 3.78. The average Bonchev–Trinajstić information content (AvgIpc) is 2.28. The van der Waals surface area contributed by atoms with E-state index in [9.17, 15) is 8.42 Å². The summed E-state index contributed by atoms with van der Waals surface area (Å²) in [7, 11) is -1.78. The maximum absolute atomic E-state index is 11.2. The molecule has 0 atom stereocenters. The van der Waals surface area contributed by atoms with Crippen LogP contribution in [0, 0.1) is 0 Å². The van der Waals surface area contributed by atoms with E-state index in [0.29, 0.717) is 6.61 Å². The van der Waals surface area contributed by atoms with Crippen molar-refractivity contribution >= 4 is 21.6 Å². The third kappa shape index (κ3) is 4.09. The Morgan fingerprint density at radius 1 is 1.31 bits per heavy atom. The first kappa shape index (κ1) is 13.4. The molecule has 0 aliphatic rings. The van der Waals surface area contributed by atoms with Crippen LogP contribution in [0.15, 0.2) is 24.3 Å². The fraction of sp³-hybridized carbons (Fsp3) is 0.400. The Bertz CT molecular complexity index is 433. The molecule has 0 fully saturated rings. The van der Waals surface area contributed by atoms with E-state index in [1.165, 1.54) is 0 Å². The highest BCUT2D eigenvalue weighted by molar-refractivity contribution is 7.90. The van der Waals surface area contributed by atoms with Gasteiger partial charge in [0.1, 0.15) is 5.21 Å². The van der Waals surface area contributed by atoms with E-state index in [0.717, 1.165) is 11.1 Å². The molecule has 90 valence electrons. The van der Waals surface area contributed by atoms with Gasteiger partial charge in [-0.05, 0) is 11.1 Å². The Kier molecular flexibility index (Phi) is 5.21. The highest BCUT2D eigenvalue weighted by Crippen LogP contribution is 2.10. The van der Waals surface area contributed by atoms with Gasteiger partial charge in [-0.25, -0.2) is 13.1 Å². The Balaban J connectivity index is 2.73. The summed E-state index contributed by atoms with van der Waals surface area (Å²) in [5.74, 6) is 0. The molecule has 0 radical (unpaired) electrons. The Morgan fingerprint density at radius 3 is 2.50 bits per heavy atom. The fourth-order valence-corrected chi connectivity index (χ4v) is 1.94. The average molecular weight is 264 g/mol. The van der Waals surface area contributed by atoms with Crippen LogP contribution in [0.2, 0.25) is 0 Å². The molecule has 1 aromatic carbocycles. The summed E-state index contributed by atoms with van der Waals surface area (Å²) < 4.78 is 29.8. The van der Waals surface area contributed by atoms with Crippen LogP contribution in [0.25, 0.3) is 0 Å². The van der Waals surface area contributed by atoms with Gasteiger partial charge in [0, 0.05) is 13.7 Å². The normalized spacial score (nSPS) is 11.6. The molecule has 16 heavy (non-hydrogen) atoms. The minimum Gasteiger partial charge on any atom is -0.380 e. The topological polar surface area (TPSA) is 55.4 Å². The summed E-state index contributed by atoms with van der Waals surface area (Å²) in [6.45, 7) is 0.688. The lowest BCUT2D eigenvalue weighted by Gasteiger charge is -2.09. The Hall–Kier alpha value is -0.620. The zero-order chi connectivity index (χ0) is 12.0. The van der Waals surface area contributed by atoms with Crippen LogP contribution < -0.4 is 4.72 Å².